The van der Waals surface area contributed by atoms with Crippen LogP contribution in [0.1, 0.15) is 20.3 Å². The molecular weight excluding hydrogens is 274 g/mol. The smallest absolute Gasteiger partial charge is 0.372 e. The Morgan fingerprint density at radius 1 is 1.43 bits per heavy atom. The molecule has 0 amide bonds. The highest BCUT2D eigenvalue weighted by atomic mass is 16.6. The van der Waals surface area contributed by atoms with Gasteiger partial charge in [-0.05, 0) is 33.0 Å². The van der Waals surface area contributed by atoms with E-state index in [1.807, 2.05) is 32.8 Å². The molecule has 21 heavy (non-hydrogen) atoms. The number of hydrogen-bond donors (Lipinski definition) is 1. The maximum atomic E-state index is 11.2. The number of anilines is 1. The zero-order valence-electron chi connectivity index (χ0n) is 13.0. The van der Waals surface area contributed by atoms with Gasteiger partial charge in [-0.2, -0.15) is 4.98 Å². The first-order chi connectivity index (χ1) is 9.91. The van der Waals surface area contributed by atoms with Crippen LogP contribution in [0.3, 0.4) is 0 Å². The summed E-state index contributed by atoms with van der Waals surface area (Å²) in [6.07, 6.45) is 2.13. The lowest BCUT2D eigenvalue weighted by Gasteiger charge is -2.12. The van der Waals surface area contributed by atoms with E-state index in [4.69, 9.17) is 4.74 Å². The third-order valence-corrected chi connectivity index (χ3v) is 2.60. The summed E-state index contributed by atoms with van der Waals surface area (Å²) >= 11 is 0. The SMILES string of the molecule is CC(C)COc1ncnc(NCCCN(C)C)c1[N+](=O)[O-]. The normalized spacial score (nSPS) is 11.0. The van der Waals surface area contributed by atoms with Crippen LogP contribution < -0.4 is 10.1 Å². The molecule has 1 N–H and O–H groups in total. The molecule has 8 heteroatoms. The van der Waals surface area contributed by atoms with Crippen LogP contribution >= 0.6 is 0 Å². The highest BCUT2D eigenvalue weighted by Gasteiger charge is 2.24. The number of nitro groups is 1. The van der Waals surface area contributed by atoms with Crippen molar-refractivity contribution in [1.29, 1.82) is 0 Å². The molecule has 1 aromatic rings. The van der Waals surface area contributed by atoms with E-state index in [0.717, 1.165) is 13.0 Å². The number of nitrogens with zero attached hydrogens (tertiary/aromatic N) is 4. The van der Waals surface area contributed by atoms with Crippen molar-refractivity contribution in [1.82, 2.24) is 14.9 Å². The molecule has 1 aromatic heterocycles. The number of aromatic nitrogens is 2. The zero-order valence-corrected chi connectivity index (χ0v) is 13.0. The van der Waals surface area contributed by atoms with Crippen LogP contribution in [-0.4, -0.2) is 53.6 Å². The lowest BCUT2D eigenvalue weighted by atomic mass is 10.2. The Balaban J connectivity index is 2.78. The Kier molecular flexibility index (Phi) is 6.80. The van der Waals surface area contributed by atoms with Crippen LogP contribution in [0.15, 0.2) is 6.33 Å². The molecule has 118 valence electrons. The van der Waals surface area contributed by atoms with Crippen molar-refractivity contribution in [3.8, 4) is 5.88 Å². The highest BCUT2D eigenvalue weighted by Crippen LogP contribution is 2.30. The quantitative estimate of drug-likeness (QED) is 0.422. The van der Waals surface area contributed by atoms with Gasteiger partial charge < -0.3 is 15.0 Å². The van der Waals surface area contributed by atoms with Crippen molar-refractivity contribution in [3.63, 3.8) is 0 Å². The van der Waals surface area contributed by atoms with Crippen molar-refractivity contribution >= 4 is 11.5 Å². The average molecular weight is 297 g/mol. The minimum absolute atomic E-state index is 0.0128. The first-order valence-corrected chi connectivity index (χ1v) is 6.92. The highest BCUT2D eigenvalue weighted by molar-refractivity contribution is 5.61. The van der Waals surface area contributed by atoms with Crippen molar-refractivity contribution in [2.24, 2.45) is 5.92 Å². The lowest BCUT2D eigenvalue weighted by molar-refractivity contribution is -0.385. The molecule has 0 bridgehead atoms. The van der Waals surface area contributed by atoms with Crippen molar-refractivity contribution in [3.05, 3.63) is 16.4 Å². The van der Waals surface area contributed by atoms with E-state index in [1.165, 1.54) is 6.33 Å². The minimum atomic E-state index is -0.510. The number of hydrogen-bond acceptors (Lipinski definition) is 7. The Bertz CT molecular complexity index is 465. The van der Waals surface area contributed by atoms with Gasteiger partial charge in [-0.25, -0.2) is 4.98 Å². The summed E-state index contributed by atoms with van der Waals surface area (Å²) in [4.78, 5) is 20.6. The van der Waals surface area contributed by atoms with Gasteiger partial charge in [-0.1, -0.05) is 13.8 Å². The van der Waals surface area contributed by atoms with Gasteiger partial charge in [0.25, 0.3) is 5.88 Å². The summed E-state index contributed by atoms with van der Waals surface area (Å²) in [6.45, 7) is 5.79. The molecule has 1 heterocycles. The molecule has 1 rings (SSSR count). The van der Waals surface area contributed by atoms with E-state index in [9.17, 15) is 10.1 Å². The fraction of sp³-hybridized carbons (Fsp3) is 0.692. The molecule has 0 spiro atoms. The predicted molar refractivity (Wildman–Crippen MR) is 80.7 cm³/mol. The minimum Gasteiger partial charge on any atom is -0.472 e. The Hall–Kier alpha value is -1.96. The van der Waals surface area contributed by atoms with E-state index < -0.39 is 4.92 Å². The first-order valence-electron chi connectivity index (χ1n) is 6.92. The molecule has 0 saturated heterocycles. The first kappa shape index (κ1) is 17.1. The molecule has 0 unspecified atom stereocenters. The van der Waals surface area contributed by atoms with Gasteiger partial charge in [0.1, 0.15) is 6.33 Å². The van der Waals surface area contributed by atoms with Gasteiger partial charge in [0.15, 0.2) is 0 Å². The van der Waals surface area contributed by atoms with Gasteiger partial charge in [-0.3, -0.25) is 10.1 Å². The fourth-order valence-electron chi connectivity index (χ4n) is 1.61. The van der Waals surface area contributed by atoms with Crippen LogP contribution in [-0.2, 0) is 0 Å². The largest absolute Gasteiger partial charge is 0.472 e. The van der Waals surface area contributed by atoms with E-state index >= 15 is 0 Å². The zero-order chi connectivity index (χ0) is 15.8. The predicted octanol–water partition coefficient (Wildman–Crippen LogP) is 1.78. The number of rotatable bonds is 9. The van der Waals surface area contributed by atoms with E-state index in [2.05, 4.69) is 15.3 Å². The topological polar surface area (TPSA) is 93.4 Å². The number of ether oxygens (including phenoxy) is 1. The molecule has 8 nitrogen and oxygen atoms in total. The summed E-state index contributed by atoms with van der Waals surface area (Å²) < 4.78 is 5.40. The maximum absolute atomic E-state index is 11.2. The second kappa shape index (κ2) is 8.35. The van der Waals surface area contributed by atoms with Gasteiger partial charge in [-0.15, -0.1) is 0 Å². The monoisotopic (exact) mass is 297 g/mol. The van der Waals surface area contributed by atoms with Crippen LogP contribution in [0, 0.1) is 16.0 Å². The fourth-order valence-corrected chi connectivity index (χ4v) is 1.61. The van der Waals surface area contributed by atoms with Crippen molar-refractivity contribution in [2.75, 3.05) is 39.1 Å². The molecule has 0 atom stereocenters. The molecule has 0 fully saturated rings. The summed E-state index contributed by atoms with van der Waals surface area (Å²) in [7, 11) is 3.95. The van der Waals surface area contributed by atoms with Crippen molar-refractivity contribution < 1.29 is 9.66 Å². The second-order valence-electron chi connectivity index (χ2n) is 5.42. The third-order valence-electron chi connectivity index (χ3n) is 2.60. The Labute approximate surface area is 124 Å². The molecule has 0 saturated carbocycles. The molecule has 0 aliphatic rings. The average Bonchev–Trinajstić information content (AvgIpc) is 2.40. The van der Waals surface area contributed by atoms with E-state index in [-0.39, 0.29) is 23.3 Å². The number of nitrogens with one attached hydrogen (secondary N) is 1. The van der Waals surface area contributed by atoms with Crippen LogP contribution in [0.25, 0.3) is 0 Å². The summed E-state index contributed by atoms with van der Waals surface area (Å²) in [5, 5.41) is 14.2. The van der Waals surface area contributed by atoms with Gasteiger partial charge in [0.2, 0.25) is 5.82 Å². The summed E-state index contributed by atoms with van der Waals surface area (Å²) in [5.74, 6) is 0.474. The standard InChI is InChI=1S/C13H23N5O3/c1-10(2)8-21-13-11(18(19)20)12(15-9-16-13)14-6-5-7-17(3)4/h9-10H,5-8H2,1-4H3,(H,14,15,16). The van der Waals surface area contributed by atoms with Gasteiger partial charge in [0, 0.05) is 6.54 Å². The summed E-state index contributed by atoms with van der Waals surface area (Å²) in [6, 6.07) is 0. The lowest BCUT2D eigenvalue weighted by Crippen LogP contribution is -2.17. The molecule has 0 aromatic carbocycles. The Morgan fingerprint density at radius 3 is 2.71 bits per heavy atom. The molecule has 0 aliphatic heterocycles. The maximum Gasteiger partial charge on any atom is 0.372 e. The van der Waals surface area contributed by atoms with E-state index in [0.29, 0.717) is 13.2 Å². The summed E-state index contributed by atoms with van der Waals surface area (Å²) in [5.41, 5.74) is -0.206. The molecular formula is C13H23N5O3. The van der Waals surface area contributed by atoms with Gasteiger partial charge in [0.05, 0.1) is 11.5 Å². The van der Waals surface area contributed by atoms with Gasteiger partial charge >= 0.3 is 5.69 Å². The van der Waals surface area contributed by atoms with E-state index in [1.54, 1.807) is 0 Å². The van der Waals surface area contributed by atoms with Crippen LogP contribution in [0.4, 0.5) is 11.5 Å². The third kappa shape index (κ3) is 5.90. The Morgan fingerprint density at radius 2 is 2.14 bits per heavy atom. The second-order valence-corrected chi connectivity index (χ2v) is 5.42. The van der Waals surface area contributed by atoms with Crippen LogP contribution in [0.2, 0.25) is 0 Å². The van der Waals surface area contributed by atoms with Crippen molar-refractivity contribution in [2.45, 2.75) is 20.3 Å². The molecule has 0 aliphatic carbocycles. The van der Waals surface area contributed by atoms with Crippen LogP contribution in [0.5, 0.6) is 5.88 Å². The molecule has 0 radical (unpaired) electrons.